The first-order chi connectivity index (χ1) is 21.5. The minimum absolute atomic E-state index is 0. The number of carboxylic acid groups (broad SMARTS) is 1. The molecule has 0 amide bonds. The number of methoxy groups -OCH3 is 1. The Labute approximate surface area is 277 Å². The van der Waals surface area contributed by atoms with E-state index in [4.69, 9.17) is 24.7 Å². The number of carboxylic acids is 1. The van der Waals surface area contributed by atoms with Crippen LogP contribution in [0.3, 0.4) is 0 Å². The summed E-state index contributed by atoms with van der Waals surface area (Å²) in [6, 6.07) is 5.73. The van der Waals surface area contributed by atoms with Crippen LogP contribution >= 0.6 is 0 Å². The molecule has 10 heteroatoms. The molecule has 8 bridgehead atoms. The molecular formula is C36H34FeN4O5. The van der Waals surface area contributed by atoms with E-state index in [1.807, 2.05) is 39.0 Å². The van der Waals surface area contributed by atoms with Crippen LogP contribution in [-0.2, 0) is 31.4 Å². The number of esters is 1. The van der Waals surface area contributed by atoms with Crippen LogP contribution in [0.4, 0.5) is 0 Å². The zero-order valence-corrected chi connectivity index (χ0v) is 27.5. The van der Waals surface area contributed by atoms with Gasteiger partial charge in [-0.25, -0.2) is 4.98 Å². The van der Waals surface area contributed by atoms with Crippen LogP contribution in [0, 0.1) is 13.8 Å². The van der Waals surface area contributed by atoms with Gasteiger partial charge in [-0.05, 0) is 55.9 Å². The molecule has 3 aromatic rings. The van der Waals surface area contributed by atoms with Crippen LogP contribution in [0.2, 0.25) is 0 Å². The van der Waals surface area contributed by atoms with Gasteiger partial charge < -0.3 is 19.8 Å². The number of aryl methyl sites for hydroxylation is 2. The van der Waals surface area contributed by atoms with E-state index in [9.17, 15) is 19.5 Å². The summed E-state index contributed by atoms with van der Waals surface area (Å²) in [5, 5.41) is 9.63. The number of hydrogen-bond acceptors (Lipinski definition) is 6. The van der Waals surface area contributed by atoms with E-state index < -0.39 is 35.5 Å². The van der Waals surface area contributed by atoms with Gasteiger partial charge in [0.15, 0.2) is 5.78 Å². The quantitative estimate of drug-likeness (QED) is 0.130. The standard InChI is InChI=1S/C36H36N4O5.Fe/c1-8-19-17(5)24-14-28-21(10-3)22(11-12-29(41)42)33(40-28)31-32(36(44)45-7)35(43)30-18(6)25(39-34(30)31)15-27-20(9-2)16(4)23(37-27)13-26(19)38-24;/h8,10,13-15,21-22,32H,1,3,9,11-12H2,2,4-7H3,(H3,37,38,39,40,41,42,43);/q;+2/p-2/t21-,22-,32+;/m0./s1. The first-order valence-corrected chi connectivity index (χ1v) is 15.0. The Bertz CT molecular complexity index is 2050. The smallest absolute Gasteiger partial charge is 0.657 e. The fourth-order valence-corrected chi connectivity index (χ4v) is 7.01. The SMILES string of the molecule is C=Cc1c(C)c2cc3nc(c4c5[n-]c(cc6nc(cc1[n-]2)C(C)=C6CC)c(C)c5C(=O)[C@@H]4C(=O)OC)[C@@H](CCC(=O)O)[C@@H]3C=C.[Fe+2]. The Morgan fingerprint density at radius 2 is 1.72 bits per heavy atom. The summed E-state index contributed by atoms with van der Waals surface area (Å²) in [5.74, 6) is -4.22. The number of Topliss-reactive ketones (excluding diaryl/α,β-unsaturated/α-hetero) is 1. The summed E-state index contributed by atoms with van der Waals surface area (Å²) in [4.78, 5) is 59.0. The molecule has 46 heavy (non-hydrogen) atoms. The van der Waals surface area contributed by atoms with Crippen molar-refractivity contribution < 1.29 is 41.3 Å². The molecular weight excluding hydrogens is 624 g/mol. The molecule has 9 nitrogen and oxygen atoms in total. The molecule has 5 heterocycles. The third-order valence-electron chi connectivity index (χ3n) is 9.37. The van der Waals surface area contributed by atoms with Crippen molar-refractivity contribution in [2.45, 2.75) is 64.7 Å². The molecule has 1 aliphatic carbocycles. The van der Waals surface area contributed by atoms with E-state index >= 15 is 0 Å². The molecule has 0 fully saturated rings. The second kappa shape index (κ2) is 12.3. The van der Waals surface area contributed by atoms with Gasteiger partial charge in [0.05, 0.1) is 18.5 Å². The zero-order chi connectivity index (χ0) is 32.3. The minimum Gasteiger partial charge on any atom is -0.657 e. The van der Waals surface area contributed by atoms with Crippen molar-refractivity contribution in [1.29, 1.82) is 0 Å². The third-order valence-corrected chi connectivity index (χ3v) is 9.37. The number of allylic oxidation sites excluding steroid dienone is 3. The molecule has 3 atom stereocenters. The topological polar surface area (TPSA) is 135 Å². The average molecular weight is 659 g/mol. The maximum Gasteiger partial charge on any atom is 2.00 e. The molecule has 0 saturated heterocycles. The number of carbonyl (C=O) groups is 3. The molecule has 0 saturated carbocycles. The largest absolute Gasteiger partial charge is 2.00 e. The summed E-state index contributed by atoms with van der Waals surface area (Å²) in [7, 11) is 1.24. The van der Waals surface area contributed by atoms with Crippen molar-refractivity contribution in [2.75, 3.05) is 7.11 Å². The molecule has 236 valence electrons. The number of hydrogen-bond donors (Lipinski definition) is 1. The summed E-state index contributed by atoms with van der Waals surface area (Å²) < 4.78 is 5.12. The van der Waals surface area contributed by atoms with Crippen molar-refractivity contribution in [2.24, 2.45) is 0 Å². The first-order valence-electron chi connectivity index (χ1n) is 15.0. The normalized spacial score (nSPS) is 18.4. The predicted molar refractivity (Wildman–Crippen MR) is 173 cm³/mol. The second-order valence-electron chi connectivity index (χ2n) is 11.7. The van der Waals surface area contributed by atoms with Crippen molar-refractivity contribution in [3.63, 3.8) is 0 Å². The fourth-order valence-electron chi connectivity index (χ4n) is 7.01. The van der Waals surface area contributed by atoms with Gasteiger partial charge >= 0.3 is 29.0 Å². The predicted octanol–water partition coefficient (Wildman–Crippen LogP) is 6.54. The van der Waals surface area contributed by atoms with Gasteiger partial charge in [-0.3, -0.25) is 19.4 Å². The summed E-state index contributed by atoms with van der Waals surface area (Å²) in [5.41, 5.74) is 10.2. The van der Waals surface area contributed by atoms with Gasteiger partial charge in [0.1, 0.15) is 5.92 Å². The van der Waals surface area contributed by atoms with E-state index in [1.54, 1.807) is 12.2 Å². The Hall–Kier alpha value is -4.53. The molecule has 0 radical (unpaired) electrons. The van der Waals surface area contributed by atoms with Gasteiger partial charge in [0, 0.05) is 35.2 Å². The number of aliphatic carboxylic acids is 1. The van der Waals surface area contributed by atoms with Crippen LogP contribution in [0.5, 0.6) is 0 Å². The van der Waals surface area contributed by atoms with Crippen LogP contribution in [0.1, 0.15) is 106 Å². The van der Waals surface area contributed by atoms with E-state index in [0.717, 1.165) is 45.6 Å². The zero-order valence-electron chi connectivity index (χ0n) is 26.4. The average Bonchev–Trinajstić information content (AvgIpc) is 3.76. The maximum atomic E-state index is 14.0. The minimum atomic E-state index is -1.26. The van der Waals surface area contributed by atoms with Crippen molar-refractivity contribution in [3.8, 4) is 0 Å². The monoisotopic (exact) mass is 658 g/mol. The van der Waals surface area contributed by atoms with Gasteiger partial charge in [-0.2, -0.15) is 0 Å². The van der Waals surface area contributed by atoms with Gasteiger partial charge in [-0.15, -0.1) is 28.6 Å². The van der Waals surface area contributed by atoms with Crippen LogP contribution < -0.4 is 9.97 Å². The molecule has 0 aromatic carbocycles. The Kier molecular flexibility index (Phi) is 8.81. The van der Waals surface area contributed by atoms with Crippen LogP contribution in [0.25, 0.3) is 39.3 Å². The Balaban J connectivity index is 0.00000417. The maximum absolute atomic E-state index is 14.0. The number of aromatic nitrogens is 4. The van der Waals surface area contributed by atoms with Crippen LogP contribution in [-0.4, -0.2) is 39.9 Å². The fraction of sp³-hybridized carbons (Fsp3) is 0.306. The third kappa shape index (κ3) is 4.96. The second-order valence-corrected chi connectivity index (χ2v) is 11.7. The molecule has 0 spiro atoms. The number of ether oxygens (including phenoxy) is 1. The van der Waals surface area contributed by atoms with E-state index in [0.29, 0.717) is 44.6 Å². The van der Waals surface area contributed by atoms with E-state index in [2.05, 4.69) is 20.1 Å². The Morgan fingerprint density at radius 1 is 1.02 bits per heavy atom. The van der Waals surface area contributed by atoms with Crippen LogP contribution in [0.15, 0.2) is 37.4 Å². The van der Waals surface area contributed by atoms with Crippen molar-refractivity contribution in [1.82, 2.24) is 19.9 Å². The molecule has 3 aliphatic rings. The Morgan fingerprint density at radius 3 is 2.35 bits per heavy atom. The van der Waals surface area contributed by atoms with E-state index in [-0.39, 0.29) is 29.9 Å². The number of rotatable bonds is 7. The molecule has 1 N–H and O–H groups in total. The van der Waals surface area contributed by atoms with Crippen molar-refractivity contribution >= 4 is 57.0 Å². The molecule has 2 aliphatic heterocycles. The summed E-state index contributed by atoms with van der Waals surface area (Å²) in [6.07, 6.45) is 4.33. The van der Waals surface area contributed by atoms with E-state index in [1.165, 1.54) is 7.11 Å². The van der Waals surface area contributed by atoms with Gasteiger partial charge in [-0.1, -0.05) is 55.0 Å². The van der Waals surface area contributed by atoms with Crippen molar-refractivity contribution in [3.05, 3.63) is 88.0 Å². The number of ketones is 1. The molecule has 6 rings (SSSR count). The van der Waals surface area contributed by atoms with Gasteiger partial charge in [0.2, 0.25) is 0 Å². The molecule has 3 aromatic heterocycles. The van der Waals surface area contributed by atoms with Gasteiger partial charge in [0.25, 0.3) is 0 Å². The number of nitrogens with zero attached hydrogens (tertiary/aromatic N) is 4. The number of carbonyl (C=O) groups excluding carboxylic acids is 2. The first kappa shape index (κ1) is 32.9. The summed E-state index contributed by atoms with van der Waals surface area (Å²) in [6.45, 7) is 16.0. The summed E-state index contributed by atoms with van der Waals surface area (Å²) >= 11 is 0. The molecule has 0 unspecified atom stereocenters. The number of fused-ring (bicyclic) bond motifs is 8.